The Morgan fingerprint density at radius 2 is 1.90 bits per heavy atom. The number of piperazine rings is 1. The predicted molar refractivity (Wildman–Crippen MR) is 158 cm³/mol. The van der Waals surface area contributed by atoms with E-state index in [9.17, 15) is 14.0 Å². The lowest BCUT2D eigenvalue weighted by molar-refractivity contribution is 0.0147. The molecule has 0 unspecified atom stereocenters. The van der Waals surface area contributed by atoms with Gasteiger partial charge in [-0.15, -0.1) is 0 Å². The number of fused-ring (bicyclic) bond motifs is 1. The Bertz CT molecular complexity index is 1470. The summed E-state index contributed by atoms with van der Waals surface area (Å²) in [7, 11) is 0. The van der Waals surface area contributed by atoms with E-state index in [2.05, 4.69) is 25.5 Å². The Morgan fingerprint density at radius 3 is 2.67 bits per heavy atom. The number of nitrogens with zero attached hydrogens (tertiary/aromatic N) is 4. The standard InChI is InChI=1S/C30H34ClFN6O4/c1-30(2,3)42-29(40)38-11-9-37(10-12-38)8-6-35-28(39)20-14-19(17-33-18-20)22-16-25(23-15-21(31)4-5-24(23)32)36-27-26(22)41-13-7-34-27/h4-5,14-18H,6-13H2,1-3H3,(H,34,36)(H,35,39). The maximum atomic E-state index is 14.7. The van der Waals surface area contributed by atoms with Crippen molar-refractivity contribution in [1.82, 2.24) is 25.1 Å². The minimum atomic E-state index is -0.526. The molecule has 4 heterocycles. The molecule has 5 rings (SSSR count). The zero-order valence-corrected chi connectivity index (χ0v) is 24.6. The van der Waals surface area contributed by atoms with Crippen LogP contribution in [0, 0.1) is 5.82 Å². The molecule has 2 N–H and O–H groups in total. The van der Waals surface area contributed by atoms with Gasteiger partial charge in [-0.3, -0.25) is 14.7 Å². The number of hydrogen-bond acceptors (Lipinski definition) is 8. The van der Waals surface area contributed by atoms with Crippen LogP contribution in [-0.4, -0.2) is 89.8 Å². The van der Waals surface area contributed by atoms with Gasteiger partial charge in [0.15, 0.2) is 11.6 Å². The maximum absolute atomic E-state index is 14.7. The zero-order chi connectivity index (χ0) is 29.9. The molecule has 1 aromatic carbocycles. The van der Waals surface area contributed by atoms with Crippen LogP contribution in [0.25, 0.3) is 22.4 Å². The number of pyridine rings is 2. The van der Waals surface area contributed by atoms with E-state index in [1.165, 1.54) is 24.4 Å². The number of nitrogens with one attached hydrogen (secondary N) is 2. The molecule has 0 spiro atoms. The number of carbonyl (C=O) groups excluding carboxylic acids is 2. The second kappa shape index (κ2) is 12.5. The molecule has 0 saturated carbocycles. The molecule has 0 bridgehead atoms. The van der Waals surface area contributed by atoms with E-state index in [1.807, 2.05) is 20.8 Å². The number of benzene rings is 1. The molecule has 0 aliphatic carbocycles. The van der Waals surface area contributed by atoms with Crippen molar-refractivity contribution in [2.45, 2.75) is 26.4 Å². The quantitative estimate of drug-likeness (QED) is 0.422. The monoisotopic (exact) mass is 596 g/mol. The molecule has 2 amide bonds. The highest BCUT2D eigenvalue weighted by molar-refractivity contribution is 6.30. The van der Waals surface area contributed by atoms with Crippen molar-refractivity contribution in [2.75, 3.05) is 57.7 Å². The summed E-state index contributed by atoms with van der Waals surface area (Å²) in [6.45, 7) is 10.2. The second-order valence-electron chi connectivity index (χ2n) is 11.2. The Labute approximate surface area is 249 Å². The third-order valence-corrected chi connectivity index (χ3v) is 7.10. The van der Waals surface area contributed by atoms with Crippen LogP contribution in [0.1, 0.15) is 31.1 Å². The van der Waals surface area contributed by atoms with Gasteiger partial charge in [0.05, 0.1) is 17.8 Å². The first-order valence-corrected chi connectivity index (χ1v) is 14.3. The van der Waals surface area contributed by atoms with Crippen molar-refractivity contribution in [2.24, 2.45) is 0 Å². The maximum Gasteiger partial charge on any atom is 0.410 e. The van der Waals surface area contributed by atoms with E-state index < -0.39 is 11.4 Å². The van der Waals surface area contributed by atoms with Gasteiger partial charge >= 0.3 is 6.09 Å². The van der Waals surface area contributed by atoms with Gasteiger partial charge in [-0.05, 0) is 51.1 Å². The van der Waals surface area contributed by atoms with Gasteiger partial charge in [-0.2, -0.15) is 0 Å². The van der Waals surface area contributed by atoms with E-state index in [4.69, 9.17) is 21.1 Å². The Hall–Kier alpha value is -3.96. The number of hydrogen-bond donors (Lipinski definition) is 2. The van der Waals surface area contributed by atoms with Crippen LogP contribution in [0.3, 0.4) is 0 Å². The predicted octanol–water partition coefficient (Wildman–Crippen LogP) is 4.69. The fourth-order valence-electron chi connectivity index (χ4n) is 4.79. The molecular weight excluding hydrogens is 563 g/mol. The summed E-state index contributed by atoms with van der Waals surface area (Å²) >= 11 is 6.14. The first kappa shape index (κ1) is 29.5. The Balaban J connectivity index is 1.25. The summed E-state index contributed by atoms with van der Waals surface area (Å²) in [5, 5.41) is 6.56. The number of aromatic nitrogens is 2. The molecule has 2 aliphatic heterocycles. The smallest absolute Gasteiger partial charge is 0.410 e. The van der Waals surface area contributed by atoms with Gasteiger partial charge in [0.1, 0.15) is 18.0 Å². The summed E-state index contributed by atoms with van der Waals surface area (Å²) in [5.74, 6) is 0.277. The molecule has 2 aliphatic rings. The third-order valence-electron chi connectivity index (χ3n) is 6.87. The van der Waals surface area contributed by atoms with Crippen molar-refractivity contribution in [3.63, 3.8) is 0 Å². The minimum Gasteiger partial charge on any atom is -0.487 e. The van der Waals surface area contributed by atoms with Crippen LogP contribution >= 0.6 is 11.6 Å². The van der Waals surface area contributed by atoms with Gasteiger partial charge < -0.3 is 25.0 Å². The van der Waals surface area contributed by atoms with Crippen molar-refractivity contribution in [3.05, 3.63) is 59.1 Å². The normalized spacial score (nSPS) is 15.3. The summed E-state index contributed by atoms with van der Waals surface area (Å²) < 4.78 is 26.1. The fourth-order valence-corrected chi connectivity index (χ4v) is 4.96. The van der Waals surface area contributed by atoms with E-state index in [1.54, 1.807) is 23.2 Å². The Kier molecular flexibility index (Phi) is 8.79. The minimum absolute atomic E-state index is 0.257. The molecule has 1 saturated heterocycles. The van der Waals surface area contributed by atoms with Gasteiger partial charge in [0.25, 0.3) is 5.91 Å². The number of rotatable bonds is 6. The van der Waals surface area contributed by atoms with Gasteiger partial charge in [-0.25, -0.2) is 14.2 Å². The SMILES string of the molecule is CC(C)(C)OC(=O)N1CCN(CCNC(=O)c2cncc(-c3cc(-c4cc(Cl)ccc4F)nc4c3OCCN4)c2)CC1. The van der Waals surface area contributed by atoms with E-state index in [-0.39, 0.29) is 17.6 Å². The van der Waals surface area contributed by atoms with Crippen LogP contribution in [-0.2, 0) is 4.74 Å². The fraction of sp³-hybridized carbons (Fsp3) is 0.400. The van der Waals surface area contributed by atoms with Gasteiger partial charge in [0, 0.05) is 73.4 Å². The molecule has 42 heavy (non-hydrogen) atoms. The highest BCUT2D eigenvalue weighted by Crippen LogP contribution is 2.40. The Morgan fingerprint density at radius 1 is 1.12 bits per heavy atom. The van der Waals surface area contributed by atoms with Crippen molar-refractivity contribution >= 4 is 29.4 Å². The molecule has 12 heteroatoms. The molecule has 222 valence electrons. The van der Waals surface area contributed by atoms with Crippen LogP contribution < -0.4 is 15.4 Å². The summed E-state index contributed by atoms with van der Waals surface area (Å²) in [4.78, 5) is 38.1. The number of anilines is 1. The number of ether oxygens (including phenoxy) is 2. The highest BCUT2D eigenvalue weighted by Gasteiger charge is 2.26. The molecule has 3 aromatic rings. The van der Waals surface area contributed by atoms with Crippen LogP contribution in [0.15, 0.2) is 42.7 Å². The van der Waals surface area contributed by atoms with E-state index in [0.29, 0.717) is 91.4 Å². The van der Waals surface area contributed by atoms with E-state index >= 15 is 0 Å². The molecule has 0 atom stereocenters. The molecule has 1 fully saturated rings. The molecule has 10 nitrogen and oxygen atoms in total. The largest absolute Gasteiger partial charge is 0.487 e. The van der Waals surface area contributed by atoms with Crippen LogP contribution in [0.5, 0.6) is 5.75 Å². The molecule has 2 aromatic heterocycles. The average Bonchev–Trinajstić information content (AvgIpc) is 2.97. The van der Waals surface area contributed by atoms with Crippen molar-refractivity contribution in [1.29, 1.82) is 0 Å². The van der Waals surface area contributed by atoms with Crippen LogP contribution in [0.2, 0.25) is 5.02 Å². The highest BCUT2D eigenvalue weighted by atomic mass is 35.5. The lowest BCUT2D eigenvalue weighted by atomic mass is 10.0. The topological polar surface area (TPSA) is 109 Å². The lowest BCUT2D eigenvalue weighted by Gasteiger charge is -2.35. The van der Waals surface area contributed by atoms with Crippen LogP contribution in [0.4, 0.5) is 15.0 Å². The number of halogens is 2. The van der Waals surface area contributed by atoms with Crippen molar-refractivity contribution in [3.8, 4) is 28.1 Å². The number of carbonyl (C=O) groups is 2. The number of amides is 2. The summed E-state index contributed by atoms with van der Waals surface area (Å²) in [6.07, 6.45) is 2.83. The average molecular weight is 597 g/mol. The van der Waals surface area contributed by atoms with Crippen molar-refractivity contribution < 1.29 is 23.5 Å². The van der Waals surface area contributed by atoms with Gasteiger partial charge in [0.2, 0.25) is 0 Å². The third kappa shape index (κ3) is 7.08. The summed E-state index contributed by atoms with van der Waals surface area (Å²) in [6, 6.07) is 7.76. The summed E-state index contributed by atoms with van der Waals surface area (Å²) in [5.41, 5.74) is 1.75. The zero-order valence-electron chi connectivity index (χ0n) is 23.9. The van der Waals surface area contributed by atoms with Gasteiger partial charge in [-0.1, -0.05) is 11.6 Å². The molecule has 0 radical (unpaired) electrons. The second-order valence-corrected chi connectivity index (χ2v) is 11.6. The molecular formula is C30H34ClFN6O4. The first-order chi connectivity index (χ1) is 20.1. The van der Waals surface area contributed by atoms with E-state index in [0.717, 1.165) is 0 Å². The first-order valence-electron chi connectivity index (χ1n) is 13.9. The lowest BCUT2D eigenvalue weighted by Crippen LogP contribution is -2.51.